The monoisotopic (exact) mass is 384 g/mol. The summed E-state index contributed by atoms with van der Waals surface area (Å²) in [4.78, 5) is 25.9. The average Bonchev–Trinajstić information content (AvgIpc) is 2.72. The van der Waals surface area contributed by atoms with Crippen LogP contribution in [-0.4, -0.2) is 50.9 Å². The van der Waals surface area contributed by atoms with Gasteiger partial charge in [-0.15, -0.1) is 0 Å². The summed E-state index contributed by atoms with van der Waals surface area (Å²) in [6.07, 6.45) is 0.461. The zero-order valence-electron chi connectivity index (χ0n) is 16.9. The first-order valence-corrected chi connectivity index (χ1v) is 9.27. The fraction of sp³-hybridized carbons (Fsp3) is 0.364. The first-order chi connectivity index (χ1) is 13.4. The van der Waals surface area contributed by atoms with Crippen LogP contribution in [0.4, 0.5) is 0 Å². The van der Waals surface area contributed by atoms with Gasteiger partial charge in [0, 0.05) is 18.5 Å². The molecule has 1 amide bonds. The van der Waals surface area contributed by atoms with Crippen molar-refractivity contribution in [1.82, 2.24) is 10.2 Å². The predicted octanol–water partition coefficient (Wildman–Crippen LogP) is 3.09. The lowest BCUT2D eigenvalue weighted by Gasteiger charge is -2.25. The van der Waals surface area contributed by atoms with Crippen molar-refractivity contribution >= 4 is 11.7 Å². The van der Waals surface area contributed by atoms with Gasteiger partial charge in [0.25, 0.3) is 5.91 Å². The molecule has 28 heavy (non-hydrogen) atoms. The molecule has 2 aromatic rings. The van der Waals surface area contributed by atoms with E-state index in [1.165, 1.54) is 0 Å². The van der Waals surface area contributed by atoms with Crippen molar-refractivity contribution in [2.24, 2.45) is 0 Å². The molecule has 0 fully saturated rings. The first kappa shape index (κ1) is 21.4. The molecule has 0 saturated carbocycles. The molecule has 2 rings (SSSR count). The van der Waals surface area contributed by atoms with Gasteiger partial charge in [-0.25, -0.2) is 0 Å². The molecule has 0 unspecified atom stereocenters. The number of amides is 1. The van der Waals surface area contributed by atoms with Crippen LogP contribution in [0.2, 0.25) is 0 Å². The minimum atomic E-state index is -0.205. The fourth-order valence-corrected chi connectivity index (χ4v) is 2.80. The maximum atomic E-state index is 12.2. The molecule has 0 aliphatic rings. The highest BCUT2D eigenvalue weighted by Crippen LogP contribution is 2.22. The molecule has 1 N–H and O–H groups in total. The van der Waals surface area contributed by atoms with E-state index < -0.39 is 0 Å². The molecular formula is C22H28N2O4. The van der Waals surface area contributed by atoms with E-state index >= 15 is 0 Å². The summed E-state index contributed by atoms with van der Waals surface area (Å²) < 4.78 is 10.8. The van der Waals surface area contributed by atoms with Gasteiger partial charge in [-0.3, -0.25) is 9.59 Å². The van der Waals surface area contributed by atoms with Crippen LogP contribution in [0, 0.1) is 0 Å². The Morgan fingerprint density at radius 1 is 1.07 bits per heavy atom. The number of hydrogen-bond acceptors (Lipinski definition) is 5. The summed E-state index contributed by atoms with van der Waals surface area (Å²) in [5.41, 5.74) is 1.70. The minimum Gasteiger partial charge on any atom is -0.497 e. The lowest BCUT2D eigenvalue weighted by molar-refractivity contribution is -0.123. The number of benzene rings is 2. The van der Waals surface area contributed by atoms with Gasteiger partial charge >= 0.3 is 0 Å². The molecular weight excluding hydrogens is 356 g/mol. The number of carbonyl (C=O) groups is 2. The molecule has 6 nitrogen and oxygen atoms in total. The van der Waals surface area contributed by atoms with Crippen LogP contribution in [0.25, 0.3) is 0 Å². The highest BCUT2D eigenvalue weighted by molar-refractivity contribution is 5.95. The van der Waals surface area contributed by atoms with E-state index in [1.54, 1.807) is 31.4 Å². The van der Waals surface area contributed by atoms with E-state index in [2.05, 4.69) is 5.32 Å². The van der Waals surface area contributed by atoms with Gasteiger partial charge in [0.2, 0.25) is 0 Å². The Bertz CT molecular complexity index is 787. The van der Waals surface area contributed by atoms with E-state index in [-0.39, 0.29) is 24.3 Å². The molecule has 0 aromatic heterocycles. The van der Waals surface area contributed by atoms with E-state index in [4.69, 9.17) is 9.47 Å². The number of rotatable bonds is 10. The molecule has 0 radical (unpaired) electrons. The van der Waals surface area contributed by atoms with E-state index in [0.717, 1.165) is 11.3 Å². The summed E-state index contributed by atoms with van der Waals surface area (Å²) >= 11 is 0. The number of carbonyl (C=O) groups excluding carboxylic acids is 2. The van der Waals surface area contributed by atoms with Crippen molar-refractivity contribution in [2.75, 3.05) is 34.4 Å². The molecule has 150 valence electrons. The molecule has 0 aliphatic heterocycles. The van der Waals surface area contributed by atoms with Crippen LogP contribution < -0.4 is 14.8 Å². The molecule has 0 saturated heterocycles. The van der Waals surface area contributed by atoms with Crippen LogP contribution in [-0.2, 0) is 4.79 Å². The lowest BCUT2D eigenvalue weighted by atomic mass is 10.1. The van der Waals surface area contributed by atoms with Crippen molar-refractivity contribution in [2.45, 2.75) is 19.4 Å². The highest BCUT2D eigenvalue weighted by Gasteiger charge is 2.16. The Hall–Kier alpha value is -2.86. The third-order valence-corrected chi connectivity index (χ3v) is 4.46. The summed E-state index contributed by atoms with van der Waals surface area (Å²) in [6, 6.07) is 14.6. The number of methoxy groups -OCH3 is 1. The van der Waals surface area contributed by atoms with Crippen molar-refractivity contribution < 1.29 is 19.1 Å². The van der Waals surface area contributed by atoms with Crippen LogP contribution >= 0.6 is 0 Å². The SMILES string of the molecule is CCC(=O)c1ccc(OCC(=O)NC[C@H](c2cccc(OC)c2)N(C)C)cc1. The van der Waals surface area contributed by atoms with Crippen LogP contribution in [0.3, 0.4) is 0 Å². The topological polar surface area (TPSA) is 67.9 Å². The number of Topliss-reactive ketones (excluding diaryl/α,β-unsaturated/α-hetero) is 1. The Balaban J connectivity index is 1.88. The quantitative estimate of drug-likeness (QED) is 0.638. The van der Waals surface area contributed by atoms with Gasteiger partial charge in [-0.1, -0.05) is 19.1 Å². The Kier molecular flexibility index (Phi) is 8.02. The molecule has 0 heterocycles. The number of ether oxygens (including phenoxy) is 2. The third kappa shape index (κ3) is 6.09. The van der Waals surface area contributed by atoms with Crippen LogP contribution in [0.15, 0.2) is 48.5 Å². The van der Waals surface area contributed by atoms with Crippen LogP contribution in [0.5, 0.6) is 11.5 Å². The van der Waals surface area contributed by atoms with Crippen molar-refractivity contribution in [3.05, 3.63) is 59.7 Å². The van der Waals surface area contributed by atoms with Gasteiger partial charge in [-0.2, -0.15) is 0 Å². The minimum absolute atomic E-state index is 0.0124. The molecule has 6 heteroatoms. The normalized spacial score (nSPS) is 11.8. The molecule has 0 aliphatic carbocycles. The Labute approximate surface area is 166 Å². The molecule has 1 atom stereocenters. The molecule has 0 spiro atoms. The number of nitrogens with one attached hydrogen (secondary N) is 1. The smallest absolute Gasteiger partial charge is 0.258 e. The van der Waals surface area contributed by atoms with E-state index in [9.17, 15) is 9.59 Å². The standard InChI is InChI=1S/C22H28N2O4/c1-5-21(25)16-9-11-18(12-10-16)28-15-22(26)23-14-20(24(2)3)17-7-6-8-19(13-17)27-4/h6-13,20H,5,14-15H2,1-4H3,(H,23,26)/t20-/m1/s1. The maximum Gasteiger partial charge on any atom is 0.258 e. The van der Waals surface area contributed by atoms with E-state index in [0.29, 0.717) is 24.3 Å². The summed E-state index contributed by atoms with van der Waals surface area (Å²) in [6.45, 7) is 2.19. The summed E-state index contributed by atoms with van der Waals surface area (Å²) in [5.74, 6) is 1.21. The largest absolute Gasteiger partial charge is 0.497 e. The second kappa shape index (κ2) is 10.5. The zero-order valence-corrected chi connectivity index (χ0v) is 16.9. The van der Waals surface area contributed by atoms with Gasteiger partial charge in [-0.05, 0) is 56.1 Å². The number of likely N-dealkylation sites (N-methyl/N-ethyl adjacent to an activating group) is 1. The summed E-state index contributed by atoms with van der Waals surface area (Å²) in [5, 5.41) is 2.91. The molecule has 0 bridgehead atoms. The van der Waals surface area contributed by atoms with Gasteiger partial charge < -0.3 is 19.7 Å². The van der Waals surface area contributed by atoms with Gasteiger partial charge in [0.05, 0.1) is 13.2 Å². The van der Waals surface area contributed by atoms with Crippen molar-refractivity contribution in [3.63, 3.8) is 0 Å². The maximum absolute atomic E-state index is 12.2. The Morgan fingerprint density at radius 2 is 1.79 bits per heavy atom. The third-order valence-electron chi connectivity index (χ3n) is 4.46. The Morgan fingerprint density at radius 3 is 2.39 bits per heavy atom. The summed E-state index contributed by atoms with van der Waals surface area (Å²) in [7, 11) is 5.56. The lowest BCUT2D eigenvalue weighted by Crippen LogP contribution is -2.36. The fourth-order valence-electron chi connectivity index (χ4n) is 2.80. The highest BCUT2D eigenvalue weighted by atomic mass is 16.5. The van der Waals surface area contributed by atoms with Crippen molar-refractivity contribution in [1.29, 1.82) is 0 Å². The van der Waals surface area contributed by atoms with Gasteiger partial charge in [0.15, 0.2) is 12.4 Å². The zero-order chi connectivity index (χ0) is 20.5. The first-order valence-electron chi connectivity index (χ1n) is 9.27. The van der Waals surface area contributed by atoms with E-state index in [1.807, 2.05) is 50.2 Å². The van der Waals surface area contributed by atoms with Gasteiger partial charge in [0.1, 0.15) is 11.5 Å². The second-order valence-corrected chi connectivity index (χ2v) is 6.65. The average molecular weight is 384 g/mol. The number of nitrogens with zero attached hydrogens (tertiary/aromatic N) is 1. The number of ketones is 1. The second-order valence-electron chi connectivity index (χ2n) is 6.65. The van der Waals surface area contributed by atoms with Crippen molar-refractivity contribution in [3.8, 4) is 11.5 Å². The molecule has 2 aromatic carbocycles. The number of hydrogen-bond donors (Lipinski definition) is 1. The predicted molar refractivity (Wildman–Crippen MR) is 109 cm³/mol. The van der Waals surface area contributed by atoms with Crippen LogP contribution in [0.1, 0.15) is 35.3 Å².